The molecule has 4 rings (SSSR count). The topological polar surface area (TPSA) is 64.0 Å². The number of anilines is 1. The van der Waals surface area contributed by atoms with Gasteiger partial charge in [-0.15, -0.1) is 11.8 Å². The molecule has 160 valence electrons. The summed E-state index contributed by atoms with van der Waals surface area (Å²) < 4.78 is 1.66. The summed E-state index contributed by atoms with van der Waals surface area (Å²) in [4.78, 5) is 31.5. The standard InChI is InChI=1S/C24H25N3O2S2/c1-14-6-5-7-18(9-14)25-21(28)13-30-24-26-20-12-17(4)31-22(20)23(29)27(24)19-10-15(2)8-16(3)11-19/h5-11,17H,12-13H2,1-4H3,(H,25,28). The van der Waals surface area contributed by atoms with E-state index in [1.807, 2.05) is 57.2 Å². The molecule has 1 atom stereocenters. The second-order valence-corrected chi connectivity index (χ2v) is 10.4. The fraction of sp³-hybridized carbons (Fsp3) is 0.292. The summed E-state index contributed by atoms with van der Waals surface area (Å²) in [7, 11) is 0. The zero-order valence-electron chi connectivity index (χ0n) is 18.1. The van der Waals surface area contributed by atoms with Crippen molar-refractivity contribution >= 4 is 35.1 Å². The van der Waals surface area contributed by atoms with Crippen LogP contribution in [0.15, 0.2) is 57.3 Å². The minimum Gasteiger partial charge on any atom is -0.325 e. The van der Waals surface area contributed by atoms with Gasteiger partial charge in [0.05, 0.1) is 22.0 Å². The van der Waals surface area contributed by atoms with Gasteiger partial charge in [-0.25, -0.2) is 4.98 Å². The van der Waals surface area contributed by atoms with Crippen molar-refractivity contribution in [2.45, 2.75) is 49.4 Å². The third-order valence-electron chi connectivity index (χ3n) is 4.98. The Labute approximate surface area is 190 Å². The number of thioether (sulfide) groups is 2. The number of hydrogen-bond acceptors (Lipinski definition) is 5. The first kappa shape index (κ1) is 21.7. The molecule has 7 heteroatoms. The van der Waals surface area contributed by atoms with Crippen LogP contribution in [0.5, 0.6) is 0 Å². The Morgan fingerprint density at radius 3 is 2.61 bits per heavy atom. The normalized spacial score (nSPS) is 15.0. The maximum atomic E-state index is 13.4. The van der Waals surface area contributed by atoms with Gasteiger partial charge in [-0.05, 0) is 61.7 Å². The van der Waals surface area contributed by atoms with Crippen LogP contribution in [-0.2, 0) is 11.2 Å². The van der Waals surface area contributed by atoms with E-state index >= 15 is 0 Å². The third kappa shape index (κ3) is 4.88. The highest BCUT2D eigenvalue weighted by Crippen LogP contribution is 2.35. The van der Waals surface area contributed by atoms with Crippen molar-refractivity contribution in [2.24, 2.45) is 0 Å². The average Bonchev–Trinajstić information content (AvgIpc) is 3.06. The Bertz CT molecular complexity index is 1200. The van der Waals surface area contributed by atoms with Crippen molar-refractivity contribution in [1.29, 1.82) is 0 Å². The van der Waals surface area contributed by atoms with Crippen LogP contribution in [0.25, 0.3) is 5.69 Å². The van der Waals surface area contributed by atoms with E-state index < -0.39 is 0 Å². The van der Waals surface area contributed by atoms with E-state index in [1.165, 1.54) is 11.8 Å². The summed E-state index contributed by atoms with van der Waals surface area (Å²) in [6.07, 6.45) is 0.770. The van der Waals surface area contributed by atoms with Gasteiger partial charge in [-0.3, -0.25) is 14.2 Å². The molecule has 0 radical (unpaired) electrons. The number of rotatable bonds is 5. The van der Waals surface area contributed by atoms with E-state index in [0.717, 1.165) is 45.1 Å². The van der Waals surface area contributed by atoms with Gasteiger partial charge in [-0.2, -0.15) is 0 Å². The molecule has 0 bridgehead atoms. The average molecular weight is 452 g/mol. The van der Waals surface area contributed by atoms with Gasteiger partial charge in [0.25, 0.3) is 5.56 Å². The highest BCUT2D eigenvalue weighted by atomic mass is 32.2. The molecule has 0 saturated carbocycles. The monoisotopic (exact) mass is 451 g/mol. The zero-order chi connectivity index (χ0) is 22.1. The minimum absolute atomic E-state index is 0.0501. The first-order valence-corrected chi connectivity index (χ1v) is 12.1. The zero-order valence-corrected chi connectivity index (χ0v) is 19.7. The lowest BCUT2D eigenvalue weighted by Crippen LogP contribution is -2.25. The number of nitrogens with one attached hydrogen (secondary N) is 1. The number of carbonyl (C=O) groups is 1. The molecule has 1 amide bonds. The van der Waals surface area contributed by atoms with E-state index in [4.69, 9.17) is 4.98 Å². The van der Waals surface area contributed by atoms with Gasteiger partial charge in [0.1, 0.15) is 0 Å². The molecule has 0 aliphatic carbocycles. The van der Waals surface area contributed by atoms with Crippen LogP contribution < -0.4 is 10.9 Å². The van der Waals surface area contributed by atoms with Crippen molar-refractivity contribution < 1.29 is 4.79 Å². The van der Waals surface area contributed by atoms with E-state index in [2.05, 4.69) is 18.3 Å². The lowest BCUT2D eigenvalue weighted by Gasteiger charge is -2.15. The number of aryl methyl sites for hydroxylation is 3. The van der Waals surface area contributed by atoms with Gasteiger partial charge in [0, 0.05) is 17.4 Å². The highest BCUT2D eigenvalue weighted by Gasteiger charge is 2.27. The van der Waals surface area contributed by atoms with Crippen LogP contribution in [-0.4, -0.2) is 26.5 Å². The fourth-order valence-electron chi connectivity index (χ4n) is 3.75. The second kappa shape index (κ2) is 8.93. The molecule has 1 N–H and O–H groups in total. The molecule has 1 aromatic heterocycles. The smallest absolute Gasteiger partial charge is 0.272 e. The molecule has 2 aromatic carbocycles. The van der Waals surface area contributed by atoms with E-state index in [1.54, 1.807) is 16.3 Å². The van der Waals surface area contributed by atoms with Crippen molar-refractivity contribution in [1.82, 2.24) is 9.55 Å². The Balaban J connectivity index is 1.66. The Morgan fingerprint density at radius 1 is 1.16 bits per heavy atom. The maximum Gasteiger partial charge on any atom is 0.272 e. The Hall–Kier alpha value is -2.51. The number of aromatic nitrogens is 2. The summed E-state index contributed by atoms with van der Waals surface area (Å²) in [6, 6.07) is 13.8. The van der Waals surface area contributed by atoms with Crippen molar-refractivity contribution in [2.75, 3.05) is 11.1 Å². The molecule has 0 saturated heterocycles. The molecular formula is C24H25N3O2S2. The molecular weight excluding hydrogens is 426 g/mol. The van der Waals surface area contributed by atoms with Crippen LogP contribution in [0.4, 0.5) is 5.69 Å². The lowest BCUT2D eigenvalue weighted by atomic mass is 10.1. The van der Waals surface area contributed by atoms with Gasteiger partial charge < -0.3 is 5.32 Å². The number of carbonyl (C=O) groups excluding carboxylic acids is 1. The van der Waals surface area contributed by atoms with Crippen molar-refractivity contribution in [3.63, 3.8) is 0 Å². The summed E-state index contributed by atoms with van der Waals surface area (Å²) in [6.45, 7) is 8.12. The molecule has 3 aromatic rings. The molecule has 1 unspecified atom stereocenters. The molecule has 0 spiro atoms. The summed E-state index contributed by atoms with van der Waals surface area (Å²) in [5.74, 6) is 0.0483. The number of benzene rings is 2. The Morgan fingerprint density at radius 2 is 1.90 bits per heavy atom. The van der Waals surface area contributed by atoms with Crippen LogP contribution >= 0.6 is 23.5 Å². The quantitative estimate of drug-likeness (QED) is 0.440. The molecule has 0 fully saturated rings. The number of nitrogens with zero attached hydrogens (tertiary/aromatic N) is 2. The highest BCUT2D eigenvalue weighted by molar-refractivity contribution is 8.00. The number of fused-ring (bicyclic) bond motifs is 1. The van der Waals surface area contributed by atoms with Crippen LogP contribution in [0, 0.1) is 20.8 Å². The van der Waals surface area contributed by atoms with Crippen LogP contribution in [0.2, 0.25) is 0 Å². The summed E-state index contributed by atoms with van der Waals surface area (Å²) >= 11 is 2.88. The van der Waals surface area contributed by atoms with Crippen molar-refractivity contribution in [3.8, 4) is 5.69 Å². The van der Waals surface area contributed by atoms with Crippen molar-refractivity contribution in [3.05, 3.63) is 75.2 Å². The van der Waals surface area contributed by atoms with E-state index in [-0.39, 0.29) is 17.2 Å². The SMILES string of the molecule is Cc1cccc(NC(=O)CSc2nc3c(c(=O)n2-c2cc(C)cc(C)c2)SC(C)C3)c1. The summed E-state index contributed by atoms with van der Waals surface area (Å²) in [5.41, 5.74) is 5.59. The van der Waals surface area contributed by atoms with Gasteiger partial charge in [0.2, 0.25) is 5.91 Å². The predicted molar refractivity (Wildman–Crippen MR) is 129 cm³/mol. The number of hydrogen-bond donors (Lipinski definition) is 1. The maximum absolute atomic E-state index is 13.4. The van der Waals surface area contributed by atoms with Crippen LogP contribution in [0.1, 0.15) is 29.3 Å². The molecule has 1 aliphatic heterocycles. The number of amides is 1. The largest absolute Gasteiger partial charge is 0.325 e. The van der Waals surface area contributed by atoms with Gasteiger partial charge in [0.15, 0.2) is 5.16 Å². The first-order valence-electron chi connectivity index (χ1n) is 10.2. The molecule has 31 heavy (non-hydrogen) atoms. The molecule has 5 nitrogen and oxygen atoms in total. The van der Waals surface area contributed by atoms with Crippen LogP contribution in [0.3, 0.4) is 0 Å². The van der Waals surface area contributed by atoms with Gasteiger partial charge >= 0.3 is 0 Å². The lowest BCUT2D eigenvalue weighted by molar-refractivity contribution is -0.113. The minimum atomic E-state index is -0.125. The third-order valence-corrected chi connectivity index (χ3v) is 7.13. The van der Waals surface area contributed by atoms with E-state index in [0.29, 0.717) is 10.4 Å². The summed E-state index contributed by atoms with van der Waals surface area (Å²) in [5, 5.41) is 3.81. The van der Waals surface area contributed by atoms with Gasteiger partial charge in [-0.1, -0.05) is 36.9 Å². The Kier molecular flexibility index (Phi) is 6.25. The molecule has 2 heterocycles. The molecule has 1 aliphatic rings. The fourth-order valence-corrected chi connectivity index (χ4v) is 5.68. The predicted octanol–water partition coefficient (Wildman–Crippen LogP) is 4.93. The first-order chi connectivity index (χ1) is 14.8. The van der Waals surface area contributed by atoms with E-state index in [9.17, 15) is 9.59 Å². The second-order valence-electron chi connectivity index (χ2n) is 8.00.